The standard InChI is InChI=1S/C15H24N4O3/c1-10(8-12-9-11(2)17-18-12)16-15(20)19-5-3-4-13(19)14-21-6-7-22-14/h9-10,13-14H,3-8H2,1-2H3,(H,16,20)(H,17,18). The van der Waals surface area contributed by atoms with Crippen LogP contribution in [0.3, 0.4) is 0 Å². The van der Waals surface area contributed by atoms with Crippen LogP contribution in [-0.2, 0) is 15.9 Å². The molecule has 0 radical (unpaired) electrons. The highest BCUT2D eigenvalue weighted by Crippen LogP contribution is 2.25. The second-order valence-electron chi connectivity index (χ2n) is 6.11. The summed E-state index contributed by atoms with van der Waals surface area (Å²) in [6.45, 7) is 5.96. The molecule has 0 aliphatic carbocycles. The number of aromatic nitrogens is 2. The second kappa shape index (κ2) is 6.66. The van der Waals surface area contributed by atoms with E-state index in [1.54, 1.807) is 0 Å². The van der Waals surface area contributed by atoms with Gasteiger partial charge in [-0.15, -0.1) is 0 Å². The molecule has 0 aromatic carbocycles. The minimum Gasteiger partial charge on any atom is -0.348 e. The molecule has 2 aliphatic heterocycles. The van der Waals surface area contributed by atoms with Crippen molar-refractivity contribution in [3.05, 3.63) is 17.5 Å². The Balaban J connectivity index is 1.53. The summed E-state index contributed by atoms with van der Waals surface area (Å²) in [6.07, 6.45) is 2.38. The van der Waals surface area contributed by atoms with Crippen molar-refractivity contribution in [2.75, 3.05) is 19.8 Å². The van der Waals surface area contributed by atoms with Crippen LogP contribution in [0.2, 0.25) is 0 Å². The molecule has 122 valence electrons. The zero-order valence-electron chi connectivity index (χ0n) is 13.2. The van der Waals surface area contributed by atoms with Gasteiger partial charge in [0.05, 0.1) is 24.9 Å². The molecule has 2 atom stereocenters. The number of nitrogens with one attached hydrogen (secondary N) is 2. The first-order chi connectivity index (χ1) is 10.6. The fourth-order valence-electron chi connectivity index (χ4n) is 3.16. The van der Waals surface area contributed by atoms with Crippen LogP contribution in [0.25, 0.3) is 0 Å². The number of likely N-dealkylation sites (tertiary alicyclic amines) is 1. The molecule has 2 saturated heterocycles. The van der Waals surface area contributed by atoms with Crippen molar-refractivity contribution in [3.8, 4) is 0 Å². The smallest absolute Gasteiger partial charge is 0.318 e. The number of hydrogen-bond acceptors (Lipinski definition) is 4. The molecular weight excluding hydrogens is 284 g/mol. The van der Waals surface area contributed by atoms with Gasteiger partial charge in [0.15, 0.2) is 6.29 Å². The van der Waals surface area contributed by atoms with E-state index < -0.39 is 0 Å². The van der Waals surface area contributed by atoms with Gasteiger partial charge in [0.25, 0.3) is 0 Å². The Morgan fingerprint density at radius 2 is 2.32 bits per heavy atom. The normalized spacial score (nSPS) is 23.9. The van der Waals surface area contributed by atoms with Crippen molar-refractivity contribution in [1.29, 1.82) is 0 Å². The van der Waals surface area contributed by atoms with Gasteiger partial charge in [-0.1, -0.05) is 0 Å². The van der Waals surface area contributed by atoms with Crippen LogP contribution in [0.4, 0.5) is 4.79 Å². The van der Waals surface area contributed by atoms with Crippen molar-refractivity contribution in [3.63, 3.8) is 0 Å². The second-order valence-corrected chi connectivity index (χ2v) is 6.11. The highest BCUT2D eigenvalue weighted by Gasteiger charge is 2.38. The molecule has 0 saturated carbocycles. The van der Waals surface area contributed by atoms with E-state index in [1.807, 2.05) is 24.8 Å². The zero-order chi connectivity index (χ0) is 15.5. The molecule has 0 spiro atoms. The molecule has 1 aromatic rings. The first kappa shape index (κ1) is 15.3. The summed E-state index contributed by atoms with van der Waals surface area (Å²) in [6, 6.07) is 2.02. The van der Waals surface area contributed by atoms with Crippen LogP contribution >= 0.6 is 0 Å². The quantitative estimate of drug-likeness (QED) is 0.876. The van der Waals surface area contributed by atoms with Gasteiger partial charge in [0, 0.05) is 24.7 Å². The minimum atomic E-state index is -0.266. The molecule has 2 unspecified atom stereocenters. The van der Waals surface area contributed by atoms with Crippen molar-refractivity contribution >= 4 is 6.03 Å². The molecular formula is C15H24N4O3. The van der Waals surface area contributed by atoms with Crippen LogP contribution in [0.5, 0.6) is 0 Å². The van der Waals surface area contributed by atoms with Gasteiger partial charge in [0.2, 0.25) is 0 Å². The minimum absolute atomic E-state index is 0.0295. The fraction of sp³-hybridized carbons (Fsp3) is 0.733. The maximum absolute atomic E-state index is 12.5. The number of aromatic amines is 1. The lowest BCUT2D eigenvalue weighted by atomic mass is 10.2. The third-order valence-corrected chi connectivity index (χ3v) is 4.17. The summed E-state index contributed by atoms with van der Waals surface area (Å²) in [7, 11) is 0. The largest absolute Gasteiger partial charge is 0.348 e. The van der Waals surface area contributed by atoms with E-state index in [1.165, 1.54) is 0 Å². The Morgan fingerprint density at radius 1 is 1.55 bits per heavy atom. The average molecular weight is 308 g/mol. The zero-order valence-corrected chi connectivity index (χ0v) is 13.2. The van der Waals surface area contributed by atoms with E-state index in [2.05, 4.69) is 15.5 Å². The van der Waals surface area contributed by atoms with Crippen molar-refractivity contribution in [1.82, 2.24) is 20.4 Å². The average Bonchev–Trinajstić information content (AvgIpc) is 3.17. The van der Waals surface area contributed by atoms with Crippen LogP contribution in [0.1, 0.15) is 31.2 Å². The molecule has 2 aliphatic rings. The van der Waals surface area contributed by atoms with Crippen LogP contribution in [-0.4, -0.2) is 59.3 Å². The highest BCUT2D eigenvalue weighted by atomic mass is 16.7. The first-order valence-corrected chi connectivity index (χ1v) is 7.94. The molecule has 2 amide bonds. The number of nitrogens with zero attached hydrogens (tertiary/aromatic N) is 2. The maximum atomic E-state index is 12.5. The molecule has 0 bridgehead atoms. The molecule has 3 heterocycles. The van der Waals surface area contributed by atoms with Crippen molar-refractivity contribution < 1.29 is 14.3 Å². The Hall–Kier alpha value is -1.60. The summed E-state index contributed by atoms with van der Waals surface area (Å²) in [5.41, 5.74) is 1.99. The molecule has 1 aromatic heterocycles. The van der Waals surface area contributed by atoms with E-state index in [0.717, 1.165) is 30.8 Å². The Morgan fingerprint density at radius 3 is 3.00 bits per heavy atom. The Labute approximate surface area is 130 Å². The van der Waals surface area contributed by atoms with Gasteiger partial charge >= 0.3 is 6.03 Å². The third kappa shape index (κ3) is 3.41. The van der Waals surface area contributed by atoms with E-state index in [-0.39, 0.29) is 24.4 Å². The van der Waals surface area contributed by atoms with Crippen LogP contribution < -0.4 is 5.32 Å². The number of amides is 2. The molecule has 22 heavy (non-hydrogen) atoms. The summed E-state index contributed by atoms with van der Waals surface area (Å²) in [5, 5.41) is 10.2. The van der Waals surface area contributed by atoms with E-state index in [4.69, 9.17) is 9.47 Å². The van der Waals surface area contributed by atoms with Crippen LogP contribution in [0, 0.1) is 6.92 Å². The molecule has 3 rings (SSSR count). The third-order valence-electron chi connectivity index (χ3n) is 4.17. The summed E-state index contributed by atoms with van der Waals surface area (Å²) in [4.78, 5) is 14.3. The van der Waals surface area contributed by atoms with Gasteiger partial charge in [0.1, 0.15) is 0 Å². The Bertz CT molecular complexity index is 513. The number of carbonyl (C=O) groups is 1. The maximum Gasteiger partial charge on any atom is 0.318 e. The van der Waals surface area contributed by atoms with Gasteiger partial charge in [-0.3, -0.25) is 5.10 Å². The van der Waals surface area contributed by atoms with Gasteiger partial charge in [-0.05, 0) is 32.8 Å². The number of carbonyl (C=O) groups excluding carboxylic acids is 1. The summed E-state index contributed by atoms with van der Waals surface area (Å²) in [5.74, 6) is 0. The van der Waals surface area contributed by atoms with Crippen molar-refractivity contribution in [2.45, 2.75) is 51.5 Å². The fourth-order valence-corrected chi connectivity index (χ4v) is 3.16. The molecule has 7 nitrogen and oxygen atoms in total. The summed E-state index contributed by atoms with van der Waals surface area (Å²) < 4.78 is 11.1. The van der Waals surface area contributed by atoms with E-state index >= 15 is 0 Å². The lowest BCUT2D eigenvalue weighted by molar-refractivity contribution is -0.0822. The summed E-state index contributed by atoms with van der Waals surface area (Å²) >= 11 is 0. The predicted octanol–water partition coefficient (Wildman–Crippen LogP) is 1.20. The van der Waals surface area contributed by atoms with Gasteiger partial charge in [-0.25, -0.2) is 4.79 Å². The Kier molecular flexibility index (Phi) is 4.63. The molecule has 2 N–H and O–H groups in total. The van der Waals surface area contributed by atoms with Crippen LogP contribution in [0.15, 0.2) is 6.07 Å². The van der Waals surface area contributed by atoms with Gasteiger partial charge < -0.3 is 19.7 Å². The predicted molar refractivity (Wildman–Crippen MR) is 80.4 cm³/mol. The number of aryl methyl sites for hydroxylation is 1. The number of rotatable bonds is 4. The highest BCUT2D eigenvalue weighted by molar-refractivity contribution is 5.75. The number of H-pyrrole nitrogens is 1. The first-order valence-electron chi connectivity index (χ1n) is 7.94. The lowest BCUT2D eigenvalue weighted by Crippen LogP contribution is -2.50. The number of ether oxygens (including phenoxy) is 2. The monoisotopic (exact) mass is 308 g/mol. The van der Waals surface area contributed by atoms with Crippen molar-refractivity contribution in [2.24, 2.45) is 0 Å². The molecule has 7 heteroatoms. The molecule has 2 fully saturated rings. The number of hydrogen-bond donors (Lipinski definition) is 2. The van der Waals surface area contributed by atoms with Gasteiger partial charge in [-0.2, -0.15) is 5.10 Å². The SMILES string of the molecule is Cc1cc(CC(C)NC(=O)N2CCCC2C2OCCO2)n[nH]1. The van der Waals surface area contributed by atoms with E-state index in [9.17, 15) is 4.79 Å². The van der Waals surface area contributed by atoms with E-state index in [0.29, 0.717) is 19.6 Å². The lowest BCUT2D eigenvalue weighted by Gasteiger charge is -2.29. The topological polar surface area (TPSA) is 79.5 Å². The number of urea groups is 1.